The van der Waals surface area contributed by atoms with Crippen molar-refractivity contribution in [3.63, 3.8) is 0 Å². The quantitative estimate of drug-likeness (QED) is 0.888. The molecule has 1 atom stereocenters. The first-order valence-corrected chi connectivity index (χ1v) is 8.83. The molecule has 2 aromatic rings. The van der Waals surface area contributed by atoms with Gasteiger partial charge in [0.15, 0.2) is 0 Å². The second-order valence-electron chi connectivity index (χ2n) is 6.68. The van der Waals surface area contributed by atoms with Gasteiger partial charge in [-0.1, -0.05) is 23.7 Å². The minimum Gasteiger partial charge on any atom is -0.354 e. The molecule has 1 aliphatic heterocycles. The fourth-order valence-corrected chi connectivity index (χ4v) is 3.51. The molecule has 128 valence electrons. The molecule has 5 heteroatoms. The number of amides is 1. The maximum absolute atomic E-state index is 12.5. The van der Waals surface area contributed by atoms with Gasteiger partial charge in [0, 0.05) is 29.8 Å². The molecule has 1 saturated heterocycles. The molecule has 1 aromatic heterocycles. The van der Waals surface area contributed by atoms with Crippen LogP contribution in [0, 0.1) is 13.8 Å². The SMILES string of the molecule is Cc1cc(C)c(C(=O)N[C@@H]2CCCN(Cc3ccc(Cl)cc3)C2)[nH]1. The lowest BCUT2D eigenvalue weighted by molar-refractivity contribution is 0.0895. The number of benzene rings is 1. The first-order valence-electron chi connectivity index (χ1n) is 8.45. The zero-order valence-electron chi connectivity index (χ0n) is 14.2. The number of rotatable bonds is 4. The summed E-state index contributed by atoms with van der Waals surface area (Å²) < 4.78 is 0. The summed E-state index contributed by atoms with van der Waals surface area (Å²) in [4.78, 5) is 18.0. The van der Waals surface area contributed by atoms with Crippen LogP contribution in [0.4, 0.5) is 0 Å². The number of likely N-dealkylation sites (tertiary alicyclic amines) is 1. The number of hydrogen-bond acceptors (Lipinski definition) is 2. The molecule has 0 aliphatic carbocycles. The van der Waals surface area contributed by atoms with E-state index in [9.17, 15) is 4.79 Å². The highest BCUT2D eigenvalue weighted by Gasteiger charge is 2.23. The monoisotopic (exact) mass is 345 g/mol. The van der Waals surface area contributed by atoms with Crippen molar-refractivity contribution in [2.75, 3.05) is 13.1 Å². The molecule has 0 bridgehead atoms. The minimum atomic E-state index is -0.000979. The number of aromatic amines is 1. The van der Waals surface area contributed by atoms with Crippen LogP contribution >= 0.6 is 11.6 Å². The second-order valence-corrected chi connectivity index (χ2v) is 7.12. The number of aryl methyl sites for hydroxylation is 2. The average molecular weight is 346 g/mol. The van der Waals surface area contributed by atoms with Crippen LogP contribution in [0.25, 0.3) is 0 Å². The van der Waals surface area contributed by atoms with E-state index in [4.69, 9.17) is 11.6 Å². The van der Waals surface area contributed by atoms with E-state index in [2.05, 4.69) is 27.3 Å². The Hall–Kier alpha value is -1.78. The predicted octanol–water partition coefficient (Wildman–Crippen LogP) is 3.68. The second kappa shape index (κ2) is 7.41. The molecule has 1 fully saturated rings. The van der Waals surface area contributed by atoms with E-state index < -0.39 is 0 Å². The molecule has 0 radical (unpaired) electrons. The van der Waals surface area contributed by atoms with Gasteiger partial charge in [-0.2, -0.15) is 0 Å². The van der Waals surface area contributed by atoms with Crippen molar-refractivity contribution in [1.82, 2.24) is 15.2 Å². The van der Waals surface area contributed by atoms with Gasteiger partial charge in [-0.05, 0) is 62.6 Å². The Morgan fingerprint density at radius 2 is 2.08 bits per heavy atom. The van der Waals surface area contributed by atoms with Crippen molar-refractivity contribution in [3.8, 4) is 0 Å². The van der Waals surface area contributed by atoms with Crippen molar-refractivity contribution >= 4 is 17.5 Å². The molecule has 2 N–H and O–H groups in total. The van der Waals surface area contributed by atoms with Crippen LogP contribution in [0.2, 0.25) is 5.02 Å². The maximum atomic E-state index is 12.5. The third-order valence-electron chi connectivity index (χ3n) is 4.54. The Balaban J connectivity index is 1.58. The van der Waals surface area contributed by atoms with Gasteiger partial charge >= 0.3 is 0 Å². The standard InChI is InChI=1S/C19H24ClN3O/c1-13-10-14(2)21-18(13)19(24)22-17-4-3-9-23(12-17)11-15-5-7-16(20)8-6-15/h5-8,10,17,21H,3-4,9,11-12H2,1-2H3,(H,22,24)/t17-/m1/s1. The first kappa shape index (κ1) is 17.1. The summed E-state index contributed by atoms with van der Waals surface area (Å²) in [5, 5.41) is 3.94. The lowest BCUT2D eigenvalue weighted by Crippen LogP contribution is -2.47. The van der Waals surface area contributed by atoms with Crippen molar-refractivity contribution in [2.24, 2.45) is 0 Å². The number of aromatic nitrogens is 1. The van der Waals surface area contributed by atoms with Gasteiger partial charge in [0.25, 0.3) is 5.91 Å². The molecule has 24 heavy (non-hydrogen) atoms. The lowest BCUT2D eigenvalue weighted by atomic mass is 10.0. The number of nitrogens with zero attached hydrogens (tertiary/aromatic N) is 1. The molecule has 0 saturated carbocycles. The van der Waals surface area contributed by atoms with Crippen molar-refractivity contribution < 1.29 is 4.79 Å². The van der Waals surface area contributed by atoms with Gasteiger partial charge in [0.1, 0.15) is 5.69 Å². The topological polar surface area (TPSA) is 48.1 Å². The van der Waals surface area contributed by atoms with Crippen LogP contribution in [-0.4, -0.2) is 34.9 Å². The van der Waals surface area contributed by atoms with E-state index in [0.29, 0.717) is 5.69 Å². The molecular formula is C19H24ClN3O. The van der Waals surface area contributed by atoms with Gasteiger partial charge in [-0.15, -0.1) is 0 Å². The van der Waals surface area contributed by atoms with Crippen LogP contribution in [0.3, 0.4) is 0 Å². The van der Waals surface area contributed by atoms with E-state index >= 15 is 0 Å². The summed E-state index contributed by atoms with van der Waals surface area (Å²) in [6.07, 6.45) is 2.13. The Morgan fingerprint density at radius 3 is 2.75 bits per heavy atom. The van der Waals surface area contributed by atoms with E-state index in [1.165, 1.54) is 5.56 Å². The molecule has 4 nitrogen and oxygen atoms in total. The van der Waals surface area contributed by atoms with Crippen molar-refractivity contribution in [1.29, 1.82) is 0 Å². The van der Waals surface area contributed by atoms with Gasteiger partial charge in [0.05, 0.1) is 0 Å². The number of carbonyl (C=O) groups is 1. The molecular weight excluding hydrogens is 322 g/mol. The van der Waals surface area contributed by atoms with Crippen LogP contribution in [0.1, 0.15) is 40.2 Å². The fourth-order valence-electron chi connectivity index (χ4n) is 3.39. The number of piperidine rings is 1. The average Bonchev–Trinajstić information content (AvgIpc) is 2.89. The highest BCUT2D eigenvalue weighted by molar-refractivity contribution is 6.30. The van der Waals surface area contributed by atoms with Crippen molar-refractivity contribution in [2.45, 2.75) is 39.3 Å². The molecule has 1 aliphatic rings. The smallest absolute Gasteiger partial charge is 0.268 e. The molecule has 1 aromatic carbocycles. The summed E-state index contributed by atoms with van der Waals surface area (Å²) in [6.45, 7) is 6.78. The zero-order valence-corrected chi connectivity index (χ0v) is 15.0. The summed E-state index contributed by atoms with van der Waals surface area (Å²) in [6, 6.07) is 10.2. The lowest BCUT2D eigenvalue weighted by Gasteiger charge is -2.33. The van der Waals surface area contributed by atoms with Crippen LogP contribution in [-0.2, 0) is 6.54 Å². The Kier molecular flexibility index (Phi) is 5.27. The summed E-state index contributed by atoms with van der Waals surface area (Å²) in [5.74, 6) is -0.000979. The molecule has 0 spiro atoms. The zero-order chi connectivity index (χ0) is 17.1. The van der Waals surface area contributed by atoms with Crippen LogP contribution in [0.15, 0.2) is 30.3 Å². The third kappa shape index (κ3) is 4.19. The van der Waals surface area contributed by atoms with E-state index in [0.717, 1.165) is 48.8 Å². The molecule has 1 amide bonds. The normalized spacial score (nSPS) is 18.5. The fraction of sp³-hybridized carbons (Fsp3) is 0.421. The number of carbonyl (C=O) groups excluding carboxylic acids is 1. The van der Waals surface area contributed by atoms with Gasteiger partial charge in [-0.25, -0.2) is 0 Å². The highest BCUT2D eigenvalue weighted by Crippen LogP contribution is 2.17. The van der Waals surface area contributed by atoms with Gasteiger partial charge < -0.3 is 10.3 Å². The highest BCUT2D eigenvalue weighted by atomic mass is 35.5. The van der Waals surface area contributed by atoms with Crippen LogP contribution in [0.5, 0.6) is 0 Å². The number of H-pyrrole nitrogens is 1. The van der Waals surface area contributed by atoms with E-state index in [-0.39, 0.29) is 11.9 Å². The summed E-state index contributed by atoms with van der Waals surface area (Å²) in [7, 11) is 0. The summed E-state index contributed by atoms with van der Waals surface area (Å²) in [5.41, 5.74) is 3.95. The molecule has 3 rings (SSSR count). The Bertz CT molecular complexity index is 708. The number of hydrogen-bond donors (Lipinski definition) is 2. The van der Waals surface area contributed by atoms with Gasteiger partial charge in [-0.3, -0.25) is 9.69 Å². The summed E-state index contributed by atoms with van der Waals surface area (Å²) >= 11 is 5.94. The Morgan fingerprint density at radius 1 is 1.33 bits per heavy atom. The van der Waals surface area contributed by atoms with Gasteiger partial charge in [0.2, 0.25) is 0 Å². The number of halogens is 1. The Labute approximate surface area is 148 Å². The van der Waals surface area contributed by atoms with Crippen LogP contribution < -0.4 is 5.32 Å². The van der Waals surface area contributed by atoms with E-state index in [1.54, 1.807) is 0 Å². The largest absolute Gasteiger partial charge is 0.354 e. The first-order chi connectivity index (χ1) is 11.5. The predicted molar refractivity (Wildman–Crippen MR) is 97.5 cm³/mol. The van der Waals surface area contributed by atoms with E-state index in [1.807, 2.05) is 32.0 Å². The van der Waals surface area contributed by atoms with Crippen molar-refractivity contribution in [3.05, 3.63) is 57.9 Å². The molecule has 2 heterocycles. The third-order valence-corrected chi connectivity index (χ3v) is 4.79. The maximum Gasteiger partial charge on any atom is 0.268 e. The molecule has 0 unspecified atom stereocenters. The minimum absolute atomic E-state index is 0.000979. The number of nitrogens with one attached hydrogen (secondary N) is 2.